The number of ether oxygens (including phenoxy) is 2. The summed E-state index contributed by atoms with van der Waals surface area (Å²) in [5.74, 6) is -1.06. The van der Waals surface area contributed by atoms with Gasteiger partial charge < -0.3 is 14.6 Å². The van der Waals surface area contributed by atoms with E-state index < -0.39 is 17.8 Å². The molecule has 0 heterocycles. The van der Waals surface area contributed by atoms with Crippen molar-refractivity contribution < 1.29 is 24.2 Å². The molecule has 1 N–H and O–H groups in total. The van der Waals surface area contributed by atoms with E-state index in [-0.39, 0.29) is 29.7 Å². The van der Waals surface area contributed by atoms with Crippen molar-refractivity contribution in [1.29, 1.82) is 0 Å². The van der Waals surface area contributed by atoms with Crippen LogP contribution in [0.4, 0.5) is 0 Å². The number of esters is 2. The van der Waals surface area contributed by atoms with Crippen LogP contribution in [0.2, 0.25) is 0 Å². The smallest absolute Gasteiger partial charge is 0.333 e. The number of fused-ring (bicyclic) bond motifs is 1. The van der Waals surface area contributed by atoms with E-state index in [4.69, 9.17) is 9.47 Å². The van der Waals surface area contributed by atoms with Gasteiger partial charge in [-0.25, -0.2) is 4.79 Å². The molecule has 0 aromatic rings. The summed E-state index contributed by atoms with van der Waals surface area (Å²) in [7, 11) is 0. The molecule has 5 unspecified atom stereocenters. The zero-order valence-electron chi connectivity index (χ0n) is 17.7. The molecule has 0 amide bonds. The van der Waals surface area contributed by atoms with E-state index in [1.807, 2.05) is 13.8 Å². The van der Waals surface area contributed by atoms with E-state index in [1.165, 1.54) is 6.92 Å². The molecule has 1 saturated carbocycles. The largest absolute Gasteiger partial charge is 0.461 e. The second-order valence-corrected chi connectivity index (χ2v) is 8.66. The molecule has 0 spiro atoms. The maximum absolute atomic E-state index is 12.5. The average Bonchev–Trinajstić information content (AvgIpc) is 2.81. The molecule has 152 valence electrons. The molecule has 0 aromatic carbocycles. The molecular formula is C22H34O5. The lowest BCUT2D eigenvalue weighted by Gasteiger charge is -2.40. The van der Waals surface area contributed by atoms with Crippen LogP contribution in [0.15, 0.2) is 22.8 Å². The molecule has 2 aliphatic carbocycles. The van der Waals surface area contributed by atoms with Crippen LogP contribution < -0.4 is 0 Å². The van der Waals surface area contributed by atoms with E-state index in [1.54, 1.807) is 19.9 Å². The Bertz CT molecular complexity index is 656. The van der Waals surface area contributed by atoms with Crippen molar-refractivity contribution in [3.05, 3.63) is 22.8 Å². The van der Waals surface area contributed by atoms with Gasteiger partial charge >= 0.3 is 11.9 Å². The summed E-state index contributed by atoms with van der Waals surface area (Å²) in [5.41, 5.74) is 1.90. The SMILES string of the molecule is CC=C(C)C(=O)OC1CC(C)=C2CCC(C)(O)C2C(OC(C)=O)C1C(C)C. The molecule has 0 aromatic heterocycles. The van der Waals surface area contributed by atoms with Gasteiger partial charge in [-0.3, -0.25) is 4.79 Å². The van der Waals surface area contributed by atoms with E-state index in [9.17, 15) is 14.7 Å². The predicted octanol–water partition coefficient (Wildman–Crippen LogP) is 3.95. The van der Waals surface area contributed by atoms with E-state index in [2.05, 4.69) is 13.8 Å². The zero-order valence-corrected chi connectivity index (χ0v) is 17.7. The first kappa shape index (κ1) is 21.7. The van der Waals surface area contributed by atoms with Crippen LogP contribution in [0.3, 0.4) is 0 Å². The number of rotatable bonds is 4. The van der Waals surface area contributed by atoms with Crippen LogP contribution in [0, 0.1) is 17.8 Å². The number of carbonyl (C=O) groups is 2. The molecular weight excluding hydrogens is 344 g/mol. The molecule has 0 saturated heterocycles. The minimum atomic E-state index is -0.942. The molecule has 27 heavy (non-hydrogen) atoms. The van der Waals surface area contributed by atoms with Gasteiger partial charge in [0.15, 0.2) is 0 Å². The number of hydrogen-bond donors (Lipinski definition) is 1. The fourth-order valence-corrected chi connectivity index (χ4v) is 4.72. The lowest BCUT2D eigenvalue weighted by molar-refractivity contribution is -0.168. The van der Waals surface area contributed by atoms with Crippen molar-refractivity contribution in [2.45, 2.75) is 85.5 Å². The van der Waals surface area contributed by atoms with Crippen LogP contribution in [0.5, 0.6) is 0 Å². The minimum Gasteiger partial charge on any atom is -0.461 e. The number of allylic oxidation sites excluding steroid dienone is 1. The van der Waals surface area contributed by atoms with Gasteiger partial charge in [0, 0.05) is 30.8 Å². The summed E-state index contributed by atoms with van der Waals surface area (Å²) in [6.07, 6.45) is 2.85. The van der Waals surface area contributed by atoms with Crippen LogP contribution in [0.25, 0.3) is 0 Å². The normalized spacial score (nSPS) is 34.3. The Morgan fingerprint density at radius 1 is 1.26 bits per heavy atom. The third kappa shape index (κ3) is 4.45. The Balaban J connectivity index is 2.52. The Morgan fingerprint density at radius 3 is 2.41 bits per heavy atom. The lowest BCUT2D eigenvalue weighted by Crippen LogP contribution is -2.48. The molecule has 0 radical (unpaired) electrons. The molecule has 5 atom stereocenters. The van der Waals surface area contributed by atoms with Crippen molar-refractivity contribution in [2.75, 3.05) is 0 Å². The summed E-state index contributed by atoms with van der Waals surface area (Å²) in [4.78, 5) is 24.4. The van der Waals surface area contributed by atoms with Gasteiger partial charge in [0.05, 0.1) is 5.60 Å². The Labute approximate surface area is 162 Å². The first-order valence-corrected chi connectivity index (χ1v) is 9.91. The molecule has 0 bridgehead atoms. The van der Waals surface area contributed by atoms with Crippen molar-refractivity contribution in [1.82, 2.24) is 0 Å². The molecule has 2 rings (SSSR count). The highest BCUT2D eigenvalue weighted by molar-refractivity contribution is 5.87. The van der Waals surface area contributed by atoms with Crippen molar-refractivity contribution in [3.63, 3.8) is 0 Å². The summed E-state index contributed by atoms with van der Waals surface area (Å²) < 4.78 is 11.7. The zero-order chi connectivity index (χ0) is 20.5. The highest BCUT2D eigenvalue weighted by Crippen LogP contribution is 2.50. The van der Waals surface area contributed by atoms with Gasteiger partial charge in [0.25, 0.3) is 0 Å². The van der Waals surface area contributed by atoms with Crippen LogP contribution in [0.1, 0.15) is 67.7 Å². The van der Waals surface area contributed by atoms with Gasteiger partial charge in [0.2, 0.25) is 0 Å². The van der Waals surface area contributed by atoms with Crippen molar-refractivity contribution in [2.24, 2.45) is 17.8 Å². The Morgan fingerprint density at radius 2 is 1.89 bits per heavy atom. The van der Waals surface area contributed by atoms with Crippen LogP contribution in [-0.2, 0) is 19.1 Å². The standard InChI is InChI=1S/C22H34O5/c1-8-13(4)21(24)27-17-11-14(5)16-9-10-22(7,25)19(16)20(26-15(6)23)18(17)12(2)3/h8,12,17-20,25H,9-11H2,1-7H3. The van der Waals surface area contributed by atoms with E-state index >= 15 is 0 Å². The molecule has 2 aliphatic rings. The average molecular weight is 379 g/mol. The highest BCUT2D eigenvalue weighted by atomic mass is 16.6. The third-order valence-corrected chi connectivity index (χ3v) is 6.22. The topological polar surface area (TPSA) is 72.8 Å². The van der Waals surface area contributed by atoms with Gasteiger partial charge in [0.1, 0.15) is 12.2 Å². The quantitative estimate of drug-likeness (QED) is 0.455. The predicted molar refractivity (Wildman–Crippen MR) is 104 cm³/mol. The lowest BCUT2D eigenvalue weighted by atomic mass is 9.75. The number of aliphatic hydroxyl groups is 1. The Hall–Kier alpha value is -1.62. The third-order valence-electron chi connectivity index (χ3n) is 6.22. The summed E-state index contributed by atoms with van der Waals surface area (Å²) in [6, 6.07) is 0. The number of hydrogen-bond acceptors (Lipinski definition) is 5. The Kier molecular flexibility index (Phi) is 6.56. The highest BCUT2D eigenvalue weighted by Gasteiger charge is 2.53. The first-order valence-electron chi connectivity index (χ1n) is 9.91. The second kappa shape index (κ2) is 8.17. The van der Waals surface area contributed by atoms with E-state index in [0.717, 1.165) is 17.6 Å². The van der Waals surface area contributed by atoms with Gasteiger partial charge in [-0.2, -0.15) is 0 Å². The second-order valence-electron chi connectivity index (χ2n) is 8.66. The fraction of sp³-hybridized carbons (Fsp3) is 0.727. The first-order chi connectivity index (χ1) is 12.5. The molecule has 5 nitrogen and oxygen atoms in total. The molecule has 5 heteroatoms. The summed E-state index contributed by atoms with van der Waals surface area (Å²) in [5, 5.41) is 11.1. The number of carbonyl (C=O) groups excluding carboxylic acids is 2. The van der Waals surface area contributed by atoms with Gasteiger partial charge in [-0.05, 0) is 46.5 Å². The minimum absolute atomic E-state index is 0.113. The fourth-order valence-electron chi connectivity index (χ4n) is 4.72. The van der Waals surface area contributed by atoms with Gasteiger partial charge in [-0.1, -0.05) is 31.1 Å². The maximum Gasteiger partial charge on any atom is 0.333 e. The maximum atomic E-state index is 12.5. The molecule has 1 fully saturated rings. The summed E-state index contributed by atoms with van der Waals surface area (Å²) >= 11 is 0. The van der Waals surface area contributed by atoms with Gasteiger partial charge in [-0.15, -0.1) is 0 Å². The van der Waals surface area contributed by atoms with Crippen LogP contribution in [-0.4, -0.2) is 34.9 Å². The summed E-state index contributed by atoms with van der Waals surface area (Å²) in [6.45, 7) is 12.9. The molecule has 0 aliphatic heterocycles. The van der Waals surface area contributed by atoms with Crippen molar-refractivity contribution >= 4 is 11.9 Å². The van der Waals surface area contributed by atoms with Crippen molar-refractivity contribution in [3.8, 4) is 0 Å². The van der Waals surface area contributed by atoms with Crippen LogP contribution >= 0.6 is 0 Å². The van der Waals surface area contributed by atoms with E-state index in [0.29, 0.717) is 18.4 Å². The monoisotopic (exact) mass is 378 g/mol.